The molecule has 1 aromatic rings. The Hall–Kier alpha value is -0.840. The fraction of sp³-hybridized carbons (Fsp3) is 0.750. The van der Waals surface area contributed by atoms with Gasteiger partial charge in [0.1, 0.15) is 5.76 Å². The summed E-state index contributed by atoms with van der Waals surface area (Å²) in [6.45, 7) is 10.1. The normalized spacial score (nSPS) is 24.8. The van der Waals surface area contributed by atoms with E-state index < -0.39 is 0 Å². The molecule has 3 heterocycles. The number of nitrogens with one attached hydrogen (secondary N) is 1. The van der Waals surface area contributed by atoms with Crippen molar-refractivity contribution in [2.75, 3.05) is 32.7 Å². The molecule has 1 aromatic heterocycles. The summed E-state index contributed by atoms with van der Waals surface area (Å²) in [5.41, 5.74) is 1.26. The molecule has 2 aliphatic rings. The van der Waals surface area contributed by atoms with Crippen molar-refractivity contribution >= 4 is 0 Å². The zero-order valence-corrected chi connectivity index (χ0v) is 12.6. The quantitative estimate of drug-likeness (QED) is 0.862. The highest BCUT2D eigenvalue weighted by atomic mass is 16.3. The third-order valence-electron chi connectivity index (χ3n) is 4.57. The molecule has 20 heavy (non-hydrogen) atoms. The Bertz CT molecular complexity index is 412. The average molecular weight is 277 g/mol. The van der Waals surface area contributed by atoms with Gasteiger partial charge in [0.2, 0.25) is 0 Å². The van der Waals surface area contributed by atoms with Gasteiger partial charge >= 0.3 is 0 Å². The summed E-state index contributed by atoms with van der Waals surface area (Å²) in [6, 6.07) is 2.99. The first-order valence-electron chi connectivity index (χ1n) is 8.08. The Morgan fingerprint density at radius 3 is 2.95 bits per heavy atom. The first-order valence-corrected chi connectivity index (χ1v) is 8.08. The van der Waals surface area contributed by atoms with Crippen LogP contribution < -0.4 is 5.32 Å². The van der Waals surface area contributed by atoms with Crippen LogP contribution in [0.5, 0.6) is 0 Å². The SMILES string of the molecule is CCNCc1coc(CN2CCC(N3CCCC3)C2)c1. The van der Waals surface area contributed by atoms with Crippen LogP contribution in [0.1, 0.15) is 37.5 Å². The molecule has 0 aromatic carbocycles. The molecule has 2 saturated heterocycles. The molecule has 4 nitrogen and oxygen atoms in total. The first kappa shape index (κ1) is 14.1. The molecule has 4 heteroatoms. The summed E-state index contributed by atoms with van der Waals surface area (Å²) in [7, 11) is 0. The van der Waals surface area contributed by atoms with Crippen LogP contribution in [-0.4, -0.2) is 48.6 Å². The lowest BCUT2D eigenvalue weighted by molar-refractivity contribution is 0.223. The van der Waals surface area contributed by atoms with E-state index >= 15 is 0 Å². The molecule has 112 valence electrons. The number of furan rings is 1. The van der Waals surface area contributed by atoms with Crippen LogP contribution in [0.3, 0.4) is 0 Å². The lowest BCUT2D eigenvalue weighted by atomic mass is 10.2. The molecule has 2 fully saturated rings. The van der Waals surface area contributed by atoms with Crippen molar-refractivity contribution in [1.82, 2.24) is 15.1 Å². The first-order chi connectivity index (χ1) is 9.85. The lowest BCUT2D eigenvalue weighted by Gasteiger charge is -2.23. The molecule has 3 rings (SSSR count). The zero-order valence-electron chi connectivity index (χ0n) is 12.6. The molecule has 0 aliphatic carbocycles. The van der Waals surface area contributed by atoms with E-state index in [4.69, 9.17) is 4.42 Å². The topological polar surface area (TPSA) is 31.7 Å². The lowest BCUT2D eigenvalue weighted by Crippen LogP contribution is -2.35. The van der Waals surface area contributed by atoms with Gasteiger partial charge in [-0.05, 0) is 45.0 Å². The van der Waals surface area contributed by atoms with Crippen molar-refractivity contribution < 1.29 is 4.42 Å². The average Bonchev–Trinajstić information content (AvgIpc) is 3.18. The monoisotopic (exact) mass is 277 g/mol. The molecular weight excluding hydrogens is 250 g/mol. The predicted molar refractivity (Wildman–Crippen MR) is 80.6 cm³/mol. The molecular formula is C16H27N3O. The van der Waals surface area contributed by atoms with E-state index in [-0.39, 0.29) is 0 Å². The van der Waals surface area contributed by atoms with Gasteiger partial charge in [0, 0.05) is 31.2 Å². The van der Waals surface area contributed by atoms with Crippen molar-refractivity contribution in [1.29, 1.82) is 0 Å². The molecule has 0 spiro atoms. The Balaban J connectivity index is 1.47. The fourth-order valence-corrected chi connectivity index (χ4v) is 3.45. The summed E-state index contributed by atoms with van der Waals surface area (Å²) in [4.78, 5) is 5.22. The van der Waals surface area contributed by atoms with Crippen molar-refractivity contribution in [3.05, 3.63) is 23.7 Å². The Labute approximate surface area is 122 Å². The Morgan fingerprint density at radius 2 is 2.15 bits per heavy atom. The molecule has 1 N–H and O–H groups in total. The molecule has 1 atom stereocenters. The van der Waals surface area contributed by atoms with E-state index in [1.54, 1.807) is 0 Å². The standard InChI is InChI=1S/C16H27N3O/c1-2-17-10-14-9-16(20-13-14)12-18-8-5-15(11-18)19-6-3-4-7-19/h9,13,15,17H,2-8,10-12H2,1H3. The van der Waals surface area contributed by atoms with Gasteiger partial charge in [-0.2, -0.15) is 0 Å². The predicted octanol–water partition coefficient (Wildman–Crippen LogP) is 2.06. The largest absolute Gasteiger partial charge is 0.468 e. The highest BCUT2D eigenvalue weighted by molar-refractivity contribution is 5.12. The molecule has 2 aliphatic heterocycles. The van der Waals surface area contributed by atoms with Crippen molar-refractivity contribution in [2.45, 2.75) is 45.3 Å². The second-order valence-corrected chi connectivity index (χ2v) is 6.12. The van der Waals surface area contributed by atoms with E-state index in [0.717, 1.165) is 31.4 Å². The van der Waals surface area contributed by atoms with E-state index in [1.165, 1.54) is 51.0 Å². The van der Waals surface area contributed by atoms with Gasteiger partial charge in [0.25, 0.3) is 0 Å². The summed E-state index contributed by atoms with van der Waals surface area (Å²) in [5.74, 6) is 1.11. The van der Waals surface area contributed by atoms with Crippen molar-refractivity contribution in [3.63, 3.8) is 0 Å². The van der Waals surface area contributed by atoms with Gasteiger partial charge in [0.05, 0.1) is 12.8 Å². The molecule has 0 radical (unpaired) electrons. The number of rotatable bonds is 6. The number of hydrogen-bond donors (Lipinski definition) is 1. The van der Waals surface area contributed by atoms with Crippen molar-refractivity contribution in [2.24, 2.45) is 0 Å². The van der Waals surface area contributed by atoms with Gasteiger partial charge in [-0.25, -0.2) is 0 Å². The minimum Gasteiger partial charge on any atom is -0.468 e. The van der Waals surface area contributed by atoms with E-state index in [0.29, 0.717) is 0 Å². The summed E-state index contributed by atoms with van der Waals surface area (Å²) in [6.07, 6.45) is 6.00. The number of hydrogen-bond acceptors (Lipinski definition) is 4. The van der Waals surface area contributed by atoms with E-state index in [2.05, 4.69) is 28.1 Å². The van der Waals surface area contributed by atoms with Crippen LogP contribution in [-0.2, 0) is 13.1 Å². The fourth-order valence-electron chi connectivity index (χ4n) is 3.45. The smallest absolute Gasteiger partial charge is 0.118 e. The summed E-state index contributed by atoms with van der Waals surface area (Å²) < 4.78 is 5.69. The third kappa shape index (κ3) is 3.43. The maximum atomic E-state index is 5.69. The zero-order chi connectivity index (χ0) is 13.8. The molecule has 1 unspecified atom stereocenters. The summed E-state index contributed by atoms with van der Waals surface area (Å²) >= 11 is 0. The third-order valence-corrected chi connectivity index (χ3v) is 4.57. The minimum atomic E-state index is 0.786. The van der Waals surface area contributed by atoms with Crippen molar-refractivity contribution in [3.8, 4) is 0 Å². The Kier molecular flexibility index (Phi) is 4.76. The highest BCUT2D eigenvalue weighted by Crippen LogP contribution is 2.22. The van der Waals surface area contributed by atoms with E-state index in [1.807, 2.05) is 6.26 Å². The molecule has 0 saturated carbocycles. The second-order valence-electron chi connectivity index (χ2n) is 6.12. The van der Waals surface area contributed by atoms with E-state index in [9.17, 15) is 0 Å². The molecule has 0 amide bonds. The van der Waals surface area contributed by atoms with Crippen LogP contribution in [0.15, 0.2) is 16.7 Å². The van der Waals surface area contributed by atoms with Gasteiger partial charge in [0.15, 0.2) is 0 Å². The summed E-state index contributed by atoms with van der Waals surface area (Å²) in [5, 5.41) is 3.34. The highest BCUT2D eigenvalue weighted by Gasteiger charge is 2.29. The van der Waals surface area contributed by atoms with Gasteiger partial charge in [-0.3, -0.25) is 9.80 Å². The van der Waals surface area contributed by atoms with Crippen LogP contribution in [0.4, 0.5) is 0 Å². The van der Waals surface area contributed by atoms with Gasteiger partial charge in [-0.1, -0.05) is 6.92 Å². The minimum absolute atomic E-state index is 0.786. The van der Waals surface area contributed by atoms with Crippen LogP contribution in [0.25, 0.3) is 0 Å². The molecule has 0 bridgehead atoms. The Morgan fingerprint density at radius 1 is 1.30 bits per heavy atom. The van der Waals surface area contributed by atoms with Crippen LogP contribution in [0, 0.1) is 0 Å². The maximum absolute atomic E-state index is 5.69. The number of likely N-dealkylation sites (tertiary alicyclic amines) is 2. The second kappa shape index (κ2) is 6.74. The number of nitrogens with zero attached hydrogens (tertiary/aromatic N) is 2. The van der Waals surface area contributed by atoms with Gasteiger partial charge in [-0.15, -0.1) is 0 Å². The van der Waals surface area contributed by atoms with Crippen LogP contribution >= 0.6 is 0 Å². The van der Waals surface area contributed by atoms with Crippen LogP contribution in [0.2, 0.25) is 0 Å². The maximum Gasteiger partial charge on any atom is 0.118 e. The van der Waals surface area contributed by atoms with Gasteiger partial charge < -0.3 is 9.73 Å².